The van der Waals surface area contributed by atoms with Crippen LogP contribution in [0.2, 0.25) is 0 Å². The normalized spacial score (nSPS) is 12.4. The minimum Gasteiger partial charge on any atom is -0.325 e. The Morgan fingerprint density at radius 2 is 1.79 bits per heavy atom. The lowest BCUT2D eigenvalue weighted by Crippen LogP contribution is -2.53. The third-order valence-corrected chi connectivity index (χ3v) is 8.04. The second-order valence-corrected chi connectivity index (χ2v) is 11.0. The highest BCUT2D eigenvalue weighted by atomic mass is 32.2. The maximum absolute atomic E-state index is 13.9. The standard InChI is InChI=1S/C25H20F2N6O4S2/c1-32(19-2-3-22-16(13-19)5-9-38-22)24(34)21(12-15-10-17(26)14-18(27)11-15)30-25(35)31-39(36,37)33-8-4-20-23(33)29-7-6-28-20/h2-11,13-14,21H,12H2,1H3,(H2,30,31,35)/t21-/m0/s1. The van der Waals surface area contributed by atoms with E-state index in [1.807, 2.05) is 22.2 Å². The lowest BCUT2D eigenvalue weighted by molar-refractivity contribution is -0.120. The van der Waals surface area contributed by atoms with Gasteiger partial charge in [-0.05, 0) is 58.8 Å². The van der Waals surface area contributed by atoms with Crippen molar-refractivity contribution in [3.05, 3.63) is 89.7 Å². The van der Waals surface area contributed by atoms with Gasteiger partial charge in [-0.3, -0.25) is 9.78 Å². The molecule has 3 heterocycles. The van der Waals surface area contributed by atoms with Gasteiger partial charge in [-0.2, -0.15) is 8.42 Å². The van der Waals surface area contributed by atoms with Crippen LogP contribution in [0, 0.1) is 11.6 Å². The first-order chi connectivity index (χ1) is 18.6. The fourth-order valence-corrected chi connectivity index (χ4v) is 5.83. The molecule has 0 radical (unpaired) electrons. The lowest BCUT2D eigenvalue weighted by Gasteiger charge is -2.25. The van der Waals surface area contributed by atoms with Gasteiger partial charge < -0.3 is 10.2 Å². The molecule has 3 amide bonds. The Morgan fingerprint density at radius 3 is 2.56 bits per heavy atom. The second kappa shape index (κ2) is 10.4. The summed E-state index contributed by atoms with van der Waals surface area (Å²) in [5, 5.41) is 5.15. The van der Waals surface area contributed by atoms with Crippen LogP contribution in [0.5, 0.6) is 0 Å². The number of halogens is 2. The number of anilines is 1. The lowest BCUT2D eigenvalue weighted by atomic mass is 10.0. The number of likely N-dealkylation sites (N-methyl/N-ethyl adjacent to an activating group) is 1. The van der Waals surface area contributed by atoms with Crippen LogP contribution in [0.4, 0.5) is 19.3 Å². The maximum atomic E-state index is 13.9. The molecule has 39 heavy (non-hydrogen) atoms. The first kappa shape index (κ1) is 26.2. The number of hydrogen-bond acceptors (Lipinski definition) is 7. The summed E-state index contributed by atoms with van der Waals surface area (Å²) in [5.74, 6) is -2.36. The molecular weight excluding hydrogens is 550 g/mol. The zero-order valence-electron chi connectivity index (χ0n) is 20.2. The molecule has 2 aromatic carbocycles. The van der Waals surface area contributed by atoms with Crippen LogP contribution in [0.3, 0.4) is 0 Å². The van der Waals surface area contributed by atoms with Gasteiger partial charge in [0.2, 0.25) is 5.91 Å². The number of nitrogens with one attached hydrogen (secondary N) is 2. The minimum atomic E-state index is -4.48. The van der Waals surface area contributed by atoms with Crippen molar-refractivity contribution in [2.45, 2.75) is 12.5 Å². The third kappa shape index (κ3) is 5.56. The topological polar surface area (TPSA) is 126 Å². The molecule has 10 nitrogen and oxygen atoms in total. The van der Waals surface area contributed by atoms with Gasteiger partial charge in [-0.25, -0.2) is 27.3 Å². The monoisotopic (exact) mass is 570 g/mol. The van der Waals surface area contributed by atoms with E-state index in [0.29, 0.717) is 11.8 Å². The summed E-state index contributed by atoms with van der Waals surface area (Å²) in [6.45, 7) is 0. The average Bonchev–Trinajstić information content (AvgIpc) is 3.53. The molecule has 200 valence electrons. The summed E-state index contributed by atoms with van der Waals surface area (Å²) in [7, 11) is -3.00. The number of rotatable bonds is 7. The zero-order valence-corrected chi connectivity index (χ0v) is 21.8. The maximum Gasteiger partial charge on any atom is 0.332 e. The second-order valence-electron chi connectivity index (χ2n) is 8.53. The summed E-state index contributed by atoms with van der Waals surface area (Å²) in [5.41, 5.74) is 0.869. The molecule has 0 aliphatic rings. The quantitative estimate of drug-likeness (QED) is 0.308. The SMILES string of the molecule is CN(C(=O)[C@H](Cc1cc(F)cc(F)c1)NC(=O)NS(=O)(=O)n1ccc2nccnc21)c1ccc2sccc2c1. The van der Waals surface area contributed by atoms with E-state index >= 15 is 0 Å². The molecule has 0 unspecified atom stereocenters. The van der Waals surface area contributed by atoms with Crippen molar-refractivity contribution >= 4 is 60.4 Å². The van der Waals surface area contributed by atoms with E-state index in [0.717, 1.165) is 26.2 Å². The molecule has 0 bridgehead atoms. The third-order valence-electron chi connectivity index (χ3n) is 5.88. The van der Waals surface area contributed by atoms with Gasteiger partial charge in [0.25, 0.3) is 0 Å². The number of carbonyl (C=O) groups excluding carboxylic acids is 2. The molecule has 5 rings (SSSR count). The average molecular weight is 571 g/mol. The number of aromatic nitrogens is 3. The van der Waals surface area contributed by atoms with Crippen LogP contribution in [0.25, 0.3) is 21.3 Å². The molecular formula is C25H20F2N6O4S2. The van der Waals surface area contributed by atoms with Crippen LogP contribution >= 0.6 is 11.3 Å². The molecule has 0 saturated heterocycles. The summed E-state index contributed by atoms with van der Waals surface area (Å²) in [6, 6.07) is 8.77. The molecule has 3 aromatic heterocycles. The summed E-state index contributed by atoms with van der Waals surface area (Å²) < 4.78 is 57.1. The molecule has 0 aliphatic heterocycles. The molecule has 0 aliphatic carbocycles. The molecule has 14 heteroatoms. The fraction of sp³-hybridized carbons (Fsp3) is 0.120. The van der Waals surface area contributed by atoms with Crippen molar-refractivity contribution < 1.29 is 26.8 Å². The molecule has 1 atom stereocenters. The molecule has 2 N–H and O–H groups in total. The highest BCUT2D eigenvalue weighted by Crippen LogP contribution is 2.26. The van der Waals surface area contributed by atoms with Gasteiger partial charge in [-0.1, -0.05) is 0 Å². The molecule has 5 aromatic rings. The predicted molar refractivity (Wildman–Crippen MR) is 143 cm³/mol. The van der Waals surface area contributed by atoms with Gasteiger partial charge >= 0.3 is 16.2 Å². The van der Waals surface area contributed by atoms with E-state index in [2.05, 4.69) is 15.3 Å². The molecule has 0 fully saturated rings. The number of amides is 3. The predicted octanol–water partition coefficient (Wildman–Crippen LogP) is 3.59. The van der Waals surface area contributed by atoms with Gasteiger partial charge in [0.15, 0.2) is 5.65 Å². The molecule has 0 saturated carbocycles. The van der Waals surface area contributed by atoms with E-state index in [1.54, 1.807) is 12.1 Å². The van der Waals surface area contributed by atoms with E-state index in [9.17, 15) is 26.8 Å². The van der Waals surface area contributed by atoms with Crippen molar-refractivity contribution in [2.24, 2.45) is 0 Å². The van der Waals surface area contributed by atoms with Crippen molar-refractivity contribution in [3.8, 4) is 0 Å². The van der Waals surface area contributed by atoms with E-state index in [4.69, 9.17) is 0 Å². The number of fused-ring (bicyclic) bond motifs is 2. The highest BCUT2D eigenvalue weighted by Gasteiger charge is 2.28. The van der Waals surface area contributed by atoms with Crippen LogP contribution in [0.1, 0.15) is 5.56 Å². The number of nitrogens with zero attached hydrogens (tertiary/aromatic N) is 4. The Bertz CT molecular complexity index is 1800. The number of hydrogen-bond donors (Lipinski definition) is 2. The van der Waals surface area contributed by atoms with Crippen LogP contribution in [0.15, 0.2) is 72.5 Å². The van der Waals surface area contributed by atoms with Crippen molar-refractivity contribution in [1.82, 2.24) is 24.0 Å². The number of urea groups is 1. The Hall–Kier alpha value is -4.43. The minimum absolute atomic E-state index is 0.00998. The van der Waals surface area contributed by atoms with Crippen LogP contribution < -0.4 is 14.9 Å². The summed E-state index contributed by atoms with van der Waals surface area (Å²) >= 11 is 1.53. The number of carbonyl (C=O) groups is 2. The van der Waals surface area contributed by atoms with Crippen molar-refractivity contribution in [2.75, 3.05) is 11.9 Å². The van der Waals surface area contributed by atoms with E-state index in [1.165, 1.54) is 47.9 Å². The largest absolute Gasteiger partial charge is 0.332 e. The Labute approximate surface area is 225 Å². The van der Waals surface area contributed by atoms with Crippen LogP contribution in [-0.2, 0) is 21.4 Å². The highest BCUT2D eigenvalue weighted by molar-refractivity contribution is 7.88. The molecule has 0 spiro atoms. The summed E-state index contributed by atoms with van der Waals surface area (Å²) in [6.07, 6.45) is 3.54. The number of benzene rings is 2. The number of thiophene rings is 1. The first-order valence-corrected chi connectivity index (χ1v) is 13.7. The first-order valence-electron chi connectivity index (χ1n) is 11.4. The Kier molecular flexibility index (Phi) is 6.97. The van der Waals surface area contributed by atoms with Gasteiger partial charge in [0.05, 0.1) is 0 Å². The van der Waals surface area contributed by atoms with Crippen LogP contribution in [-0.4, -0.2) is 47.4 Å². The van der Waals surface area contributed by atoms with Gasteiger partial charge in [0, 0.05) is 48.5 Å². The zero-order chi connectivity index (χ0) is 27.7. The van der Waals surface area contributed by atoms with E-state index in [-0.39, 0.29) is 23.1 Å². The Balaban J connectivity index is 1.41. The van der Waals surface area contributed by atoms with Gasteiger partial charge in [0.1, 0.15) is 23.2 Å². The summed E-state index contributed by atoms with van der Waals surface area (Å²) in [4.78, 5) is 35.6. The van der Waals surface area contributed by atoms with Crippen molar-refractivity contribution in [1.29, 1.82) is 0 Å². The smallest absolute Gasteiger partial charge is 0.325 e. The Morgan fingerprint density at radius 1 is 1.05 bits per heavy atom. The fourth-order valence-electron chi connectivity index (χ4n) is 4.07. The van der Waals surface area contributed by atoms with Gasteiger partial charge in [-0.15, -0.1) is 11.3 Å². The van der Waals surface area contributed by atoms with E-state index < -0.39 is 39.8 Å². The van der Waals surface area contributed by atoms with Crippen molar-refractivity contribution in [3.63, 3.8) is 0 Å².